The van der Waals surface area contributed by atoms with Gasteiger partial charge in [0.25, 0.3) is 0 Å². The molecule has 26 heavy (non-hydrogen) atoms. The highest BCUT2D eigenvalue weighted by Crippen LogP contribution is 2.32. The van der Waals surface area contributed by atoms with E-state index in [-0.39, 0.29) is 23.8 Å². The molecular formula is C18H19F3N4O. The van der Waals surface area contributed by atoms with Crippen LogP contribution in [0, 0.1) is 6.92 Å². The average Bonchev–Trinajstić information content (AvgIpc) is 2.98. The second-order valence-corrected chi connectivity index (χ2v) is 6.47. The molecule has 1 N–H and O–H groups in total. The summed E-state index contributed by atoms with van der Waals surface area (Å²) in [5.74, 6) is -0.221. The van der Waals surface area contributed by atoms with Gasteiger partial charge in [-0.2, -0.15) is 13.2 Å². The Bertz CT molecular complexity index is 792. The summed E-state index contributed by atoms with van der Waals surface area (Å²) in [5, 5.41) is 2.89. The Balaban J connectivity index is 1.88. The van der Waals surface area contributed by atoms with Gasteiger partial charge < -0.3 is 10.2 Å². The molecule has 0 unspecified atom stereocenters. The van der Waals surface area contributed by atoms with Crippen molar-refractivity contribution in [2.45, 2.75) is 32.0 Å². The molecule has 0 saturated carbocycles. The number of aromatic nitrogens is 2. The van der Waals surface area contributed by atoms with Crippen molar-refractivity contribution in [3.63, 3.8) is 0 Å². The Labute approximate surface area is 149 Å². The number of hydrogen-bond donors (Lipinski definition) is 1. The molecule has 2 heterocycles. The summed E-state index contributed by atoms with van der Waals surface area (Å²) in [6.07, 6.45) is -3.41. The Morgan fingerprint density at radius 2 is 1.88 bits per heavy atom. The molecule has 5 nitrogen and oxygen atoms in total. The van der Waals surface area contributed by atoms with E-state index in [2.05, 4.69) is 15.3 Å². The van der Waals surface area contributed by atoms with Crippen molar-refractivity contribution in [3.8, 4) is 0 Å². The Morgan fingerprint density at radius 1 is 1.19 bits per heavy atom. The van der Waals surface area contributed by atoms with Crippen molar-refractivity contribution < 1.29 is 18.0 Å². The van der Waals surface area contributed by atoms with Crippen LogP contribution in [0.2, 0.25) is 0 Å². The monoisotopic (exact) mass is 364 g/mol. The first-order valence-corrected chi connectivity index (χ1v) is 8.23. The van der Waals surface area contributed by atoms with Crippen molar-refractivity contribution in [1.29, 1.82) is 0 Å². The predicted octanol–water partition coefficient (Wildman–Crippen LogP) is 2.91. The van der Waals surface area contributed by atoms with Gasteiger partial charge in [0.2, 0.25) is 11.9 Å². The number of halogens is 3. The highest BCUT2D eigenvalue weighted by Gasteiger charge is 2.37. The summed E-state index contributed by atoms with van der Waals surface area (Å²) in [7, 11) is 0. The van der Waals surface area contributed by atoms with Crippen molar-refractivity contribution in [2.75, 3.05) is 18.0 Å². The summed E-state index contributed by atoms with van der Waals surface area (Å²) >= 11 is 0. The standard InChI is InChI=1S/C18H19F3N4O/c1-11-3-5-13(6-4-11)14-9-25(10-15(14)23-12(2)26)17-22-8-7-16(24-17)18(19,20)21/h3-8,14-15H,9-10H2,1-2H3,(H,23,26)/t14-,15+/m0/s1. The zero-order valence-corrected chi connectivity index (χ0v) is 14.4. The summed E-state index contributed by atoms with van der Waals surface area (Å²) < 4.78 is 38.8. The second-order valence-electron chi connectivity index (χ2n) is 6.47. The summed E-state index contributed by atoms with van der Waals surface area (Å²) in [5.41, 5.74) is 1.15. The van der Waals surface area contributed by atoms with E-state index in [4.69, 9.17) is 0 Å². The molecule has 138 valence electrons. The summed E-state index contributed by atoms with van der Waals surface area (Å²) in [6.45, 7) is 4.18. The molecule has 2 aromatic rings. The van der Waals surface area contributed by atoms with Crippen LogP contribution in [-0.4, -0.2) is 35.0 Å². The van der Waals surface area contributed by atoms with E-state index in [9.17, 15) is 18.0 Å². The Hall–Kier alpha value is -2.64. The highest BCUT2D eigenvalue weighted by molar-refractivity contribution is 5.73. The molecule has 1 fully saturated rings. The Kier molecular flexibility index (Phi) is 4.84. The van der Waals surface area contributed by atoms with Crippen LogP contribution in [0.5, 0.6) is 0 Å². The van der Waals surface area contributed by atoms with Gasteiger partial charge in [0.1, 0.15) is 5.69 Å². The molecule has 2 atom stereocenters. The molecule has 1 saturated heterocycles. The van der Waals surface area contributed by atoms with Crippen molar-refractivity contribution in [2.24, 2.45) is 0 Å². The van der Waals surface area contributed by atoms with E-state index < -0.39 is 11.9 Å². The largest absolute Gasteiger partial charge is 0.433 e. The first-order valence-electron chi connectivity index (χ1n) is 8.23. The van der Waals surface area contributed by atoms with Gasteiger partial charge in [-0.15, -0.1) is 0 Å². The van der Waals surface area contributed by atoms with Gasteiger partial charge in [-0.05, 0) is 18.6 Å². The average molecular weight is 364 g/mol. The number of anilines is 1. The van der Waals surface area contributed by atoms with Crippen LogP contribution in [0.4, 0.5) is 19.1 Å². The molecule has 1 amide bonds. The predicted molar refractivity (Wildman–Crippen MR) is 90.8 cm³/mol. The number of carbonyl (C=O) groups excluding carboxylic acids is 1. The molecule has 3 rings (SSSR count). The zero-order valence-electron chi connectivity index (χ0n) is 14.4. The topological polar surface area (TPSA) is 58.1 Å². The molecule has 0 spiro atoms. The molecule has 0 aliphatic carbocycles. The molecular weight excluding hydrogens is 345 g/mol. The molecule has 1 aliphatic rings. The maximum atomic E-state index is 12.9. The minimum Gasteiger partial charge on any atom is -0.351 e. The third kappa shape index (κ3) is 3.95. The zero-order chi connectivity index (χ0) is 18.9. The second kappa shape index (κ2) is 6.93. The fraction of sp³-hybridized carbons (Fsp3) is 0.389. The van der Waals surface area contributed by atoms with E-state index in [0.29, 0.717) is 13.1 Å². The molecule has 8 heteroatoms. The first-order chi connectivity index (χ1) is 12.2. The molecule has 1 aliphatic heterocycles. The lowest BCUT2D eigenvalue weighted by Crippen LogP contribution is -2.38. The maximum absolute atomic E-state index is 12.9. The van der Waals surface area contributed by atoms with E-state index in [1.165, 1.54) is 6.92 Å². The first kappa shape index (κ1) is 18.2. The van der Waals surface area contributed by atoms with Crippen LogP contribution in [0.15, 0.2) is 36.5 Å². The van der Waals surface area contributed by atoms with Crippen LogP contribution in [0.25, 0.3) is 0 Å². The SMILES string of the molecule is CC(=O)N[C@@H]1CN(c2nccc(C(F)(F)F)n2)C[C@H]1c1ccc(C)cc1. The van der Waals surface area contributed by atoms with Crippen molar-refractivity contribution >= 4 is 11.9 Å². The third-order valence-corrected chi connectivity index (χ3v) is 4.43. The minimum atomic E-state index is -4.52. The highest BCUT2D eigenvalue weighted by atomic mass is 19.4. The lowest BCUT2D eigenvalue weighted by atomic mass is 9.93. The fourth-order valence-electron chi connectivity index (χ4n) is 3.18. The normalized spacial score (nSPS) is 20.3. The summed E-state index contributed by atoms with van der Waals surface area (Å²) in [4.78, 5) is 20.9. The number of carbonyl (C=O) groups is 1. The van der Waals surface area contributed by atoms with Crippen LogP contribution >= 0.6 is 0 Å². The van der Waals surface area contributed by atoms with E-state index in [1.807, 2.05) is 31.2 Å². The summed E-state index contributed by atoms with van der Waals surface area (Å²) in [6, 6.07) is 8.53. The number of nitrogens with one attached hydrogen (secondary N) is 1. The number of alkyl halides is 3. The van der Waals surface area contributed by atoms with Gasteiger partial charge in [0.15, 0.2) is 0 Å². The van der Waals surface area contributed by atoms with E-state index >= 15 is 0 Å². The number of nitrogens with zero attached hydrogens (tertiary/aromatic N) is 3. The van der Waals surface area contributed by atoms with E-state index in [1.54, 1.807) is 4.90 Å². The Morgan fingerprint density at radius 3 is 2.50 bits per heavy atom. The number of benzene rings is 1. The van der Waals surface area contributed by atoms with Crippen molar-refractivity contribution in [3.05, 3.63) is 53.3 Å². The van der Waals surface area contributed by atoms with E-state index in [0.717, 1.165) is 23.4 Å². The van der Waals surface area contributed by atoms with Gasteiger partial charge in [0, 0.05) is 32.1 Å². The van der Waals surface area contributed by atoms with Gasteiger partial charge >= 0.3 is 6.18 Å². The number of rotatable bonds is 3. The fourth-order valence-corrected chi connectivity index (χ4v) is 3.18. The van der Waals surface area contributed by atoms with Crippen LogP contribution < -0.4 is 10.2 Å². The van der Waals surface area contributed by atoms with Crippen LogP contribution in [-0.2, 0) is 11.0 Å². The number of hydrogen-bond acceptors (Lipinski definition) is 4. The third-order valence-electron chi connectivity index (χ3n) is 4.43. The lowest BCUT2D eigenvalue weighted by molar-refractivity contribution is -0.141. The molecule has 0 radical (unpaired) electrons. The number of amides is 1. The number of aryl methyl sites for hydroxylation is 1. The maximum Gasteiger partial charge on any atom is 0.433 e. The smallest absolute Gasteiger partial charge is 0.351 e. The van der Waals surface area contributed by atoms with Gasteiger partial charge in [-0.3, -0.25) is 4.79 Å². The molecule has 1 aromatic heterocycles. The van der Waals surface area contributed by atoms with Crippen LogP contribution in [0.3, 0.4) is 0 Å². The van der Waals surface area contributed by atoms with Gasteiger partial charge in [-0.1, -0.05) is 29.8 Å². The van der Waals surface area contributed by atoms with Gasteiger partial charge in [0.05, 0.1) is 6.04 Å². The van der Waals surface area contributed by atoms with Crippen molar-refractivity contribution in [1.82, 2.24) is 15.3 Å². The molecule has 0 bridgehead atoms. The minimum absolute atomic E-state index is 0.0183. The quantitative estimate of drug-likeness (QED) is 0.910. The van der Waals surface area contributed by atoms with Crippen LogP contribution in [0.1, 0.15) is 29.7 Å². The lowest BCUT2D eigenvalue weighted by Gasteiger charge is -2.19. The molecule has 1 aromatic carbocycles. The van der Waals surface area contributed by atoms with Gasteiger partial charge in [-0.25, -0.2) is 9.97 Å².